The van der Waals surface area contributed by atoms with Crippen LogP contribution in [0.2, 0.25) is 0 Å². The lowest BCUT2D eigenvalue weighted by Gasteiger charge is -2.18. The van der Waals surface area contributed by atoms with Crippen LogP contribution in [0.3, 0.4) is 0 Å². The number of rotatable bonds is 8. The smallest absolute Gasteiger partial charge is 0.287 e. The molecule has 0 unspecified atom stereocenters. The molecule has 0 bridgehead atoms. The van der Waals surface area contributed by atoms with Gasteiger partial charge in [0, 0.05) is 26.3 Å². The van der Waals surface area contributed by atoms with E-state index in [1.807, 2.05) is 10.3 Å². The number of hydrazine groups is 1. The van der Waals surface area contributed by atoms with Gasteiger partial charge in [-0.3, -0.25) is 15.1 Å². The predicted molar refractivity (Wildman–Crippen MR) is 62.4 cm³/mol. The maximum atomic E-state index is 11.2. The van der Waals surface area contributed by atoms with E-state index >= 15 is 0 Å². The summed E-state index contributed by atoms with van der Waals surface area (Å²) in [5, 5.41) is 12.5. The van der Waals surface area contributed by atoms with E-state index < -0.39 is 5.91 Å². The number of nitrogens with two attached hydrogens (primary N) is 1. The van der Waals surface area contributed by atoms with Gasteiger partial charge >= 0.3 is 0 Å². The van der Waals surface area contributed by atoms with Crippen LogP contribution in [-0.4, -0.2) is 54.5 Å². The van der Waals surface area contributed by atoms with Crippen molar-refractivity contribution in [2.45, 2.75) is 6.54 Å². The van der Waals surface area contributed by atoms with Crippen LogP contribution in [0.15, 0.2) is 10.6 Å². The molecule has 8 nitrogen and oxygen atoms in total. The Kier molecular flexibility index (Phi) is 6.29. The van der Waals surface area contributed by atoms with Gasteiger partial charge < -0.3 is 14.4 Å². The lowest BCUT2D eigenvalue weighted by molar-refractivity contribution is 0.0944. The molecule has 1 heterocycles. The molecule has 0 aliphatic rings. The van der Waals surface area contributed by atoms with Crippen molar-refractivity contribution in [2.75, 3.05) is 33.4 Å². The van der Waals surface area contributed by atoms with E-state index in [1.165, 1.54) is 6.07 Å². The molecule has 0 spiro atoms. The zero-order valence-corrected chi connectivity index (χ0v) is 10.3. The van der Waals surface area contributed by atoms with Gasteiger partial charge in [0.15, 0.2) is 11.5 Å². The Morgan fingerprint density at radius 2 is 2.44 bits per heavy atom. The summed E-state index contributed by atoms with van der Waals surface area (Å²) in [7, 11) is 1.61. The first-order chi connectivity index (χ1) is 8.71. The third-order valence-corrected chi connectivity index (χ3v) is 2.33. The molecule has 1 aromatic rings. The van der Waals surface area contributed by atoms with Crippen LogP contribution >= 0.6 is 0 Å². The van der Waals surface area contributed by atoms with E-state index in [-0.39, 0.29) is 12.3 Å². The van der Waals surface area contributed by atoms with Crippen LogP contribution in [0.5, 0.6) is 0 Å². The van der Waals surface area contributed by atoms with E-state index in [2.05, 4.69) is 5.16 Å². The van der Waals surface area contributed by atoms with Gasteiger partial charge in [-0.25, -0.2) is 5.84 Å². The first kappa shape index (κ1) is 14.6. The molecule has 8 heteroatoms. The minimum Gasteiger partial charge on any atom is -0.395 e. The van der Waals surface area contributed by atoms with Crippen LogP contribution in [-0.2, 0) is 11.3 Å². The molecule has 102 valence electrons. The summed E-state index contributed by atoms with van der Waals surface area (Å²) in [6.45, 7) is 2.16. The fourth-order valence-corrected chi connectivity index (χ4v) is 1.42. The predicted octanol–water partition coefficient (Wildman–Crippen LogP) is -1.28. The Balaban J connectivity index is 2.57. The van der Waals surface area contributed by atoms with Crippen molar-refractivity contribution in [3.05, 3.63) is 17.5 Å². The molecule has 0 atom stereocenters. The Hall–Kier alpha value is -1.48. The highest BCUT2D eigenvalue weighted by molar-refractivity contribution is 5.91. The van der Waals surface area contributed by atoms with Gasteiger partial charge in [0.1, 0.15) is 0 Å². The Morgan fingerprint density at radius 3 is 3.06 bits per heavy atom. The van der Waals surface area contributed by atoms with Crippen molar-refractivity contribution in [3.63, 3.8) is 0 Å². The number of nitrogens with one attached hydrogen (secondary N) is 1. The van der Waals surface area contributed by atoms with Crippen molar-refractivity contribution in [2.24, 2.45) is 5.84 Å². The average molecular weight is 258 g/mol. The van der Waals surface area contributed by atoms with Gasteiger partial charge in [-0.15, -0.1) is 0 Å². The van der Waals surface area contributed by atoms with Crippen LogP contribution in [0, 0.1) is 0 Å². The number of aliphatic hydroxyl groups is 1. The number of carbonyl (C=O) groups excluding carboxylic acids is 1. The largest absolute Gasteiger partial charge is 0.395 e. The van der Waals surface area contributed by atoms with Gasteiger partial charge in [0.05, 0.1) is 19.8 Å². The Bertz CT molecular complexity index is 369. The first-order valence-electron chi connectivity index (χ1n) is 5.50. The number of amides is 1. The van der Waals surface area contributed by atoms with Gasteiger partial charge in [-0.2, -0.15) is 0 Å². The number of hydrogen-bond acceptors (Lipinski definition) is 7. The van der Waals surface area contributed by atoms with E-state index in [4.69, 9.17) is 20.2 Å². The highest BCUT2D eigenvalue weighted by Crippen LogP contribution is 2.07. The maximum Gasteiger partial charge on any atom is 0.287 e. The van der Waals surface area contributed by atoms with Crippen molar-refractivity contribution in [1.29, 1.82) is 0 Å². The Morgan fingerprint density at radius 1 is 1.67 bits per heavy atom. The molecular weight excluding hydrogens is 240 g/mol. The monoisotopic (exact) mass is 258 g/mol. The van der Waals surface area contributed by atoms with Gasteiger partial charge in [-0.05, 0) is 0 Å². The third-order valence-electron chi connectivity index (χ3n) is 2.33. The number of carbonyl (C=O) groups is 1. The van der Waals surface area contributed by atoms with Gasteiger partial charge in [0.2, 0.25) is 0 Å². The second-order valence-corrected chi connectivity index (χ2v) is 3.64. The van der Waals surface area contributed by atoms with Crippen molar-refractivity contribution in [3.8, 4) is 0 Å². The van der Waals surface area contributed by atoms with E-state index in [1.54, 1.807) is 7.11 Å². The lowest BCUT2D eigenvalue weighted by Crippen LogP contribution is -2.30. The SMILES string of the molecule is COCCN(CCO)Cc1cc(C(=O)NN)no1. The van der Waals surface area contributed by atoms with E-state index in [0.717, 1.165) is 0 Å². The van der Waals surface area contributed by atoms with E-state index in [0.29, 0.717) is 32.0 Å². The summed E-state index contributed by atoms with van der Waals surface area (Å²) >= 11 is 0. The average Bonchev–Trinajstić information content (AvgIpc) is 2.83. The summed E-state index contributed by atoms with van der Waals surface area (Å²) < 4.78 is 9.98. The third kappa shape index (κ3) is 4.41. The quantitative estimate of drug-likeness (QED) is 0.302. The molecule has 1 rings (SSSR count). The normalized spacial score (nSPS) is 10.9. The van der Waals surface area contributed by atoms with Gasteiger partial charge in [0.25, 0.3) is 5.91 Å². The van der Waals surface area contributed by atoms with Crippen LogP contribution in [0.4, 0.5) is 0 Å². The highest BCUT2D eigenvalue weighted by atomic mass is 16.5. The van der Waals surface area contributed by atoms with E-state index in [9.17, 15) is 4.79 Å². The maximum absolute atomic E-state index is 11.2. The second kappa shape index (κ2) is 7.77. The first-order valence-corrected chi connectivity index (χ1v) is 5.50. The molecule has 0 aliphatic heterocycles. The summed E-state index contributed by atoms with van der Waals surface area (Å²) in [4.78, 5) is 13.1. The summed E-state index contributed by atoms with van der Waals surface area (Å²) in [6, 6.07) is 1.51. The van der Waals surface area contributed by atoms with Crippen LogP contribution in [0.1, 0.15) is 16.2 Å². The Labute approximate surface area is 105 Å². The van der Waals surface area contributed by atoms with Crippen molar-refractivity contribution in [1.82, 2.24) is 15.5 Å². The number of ether oxygens (including phenoxy) is 1. The number of nitrogen functional groups attached to an aromatic ring is 1. The number of nitrogens with zero attached hydrogens (tertiary/aromatic N) is 2. The minimum absolute atomic E-state index is 0.0357. The van der Waals surface area contributed by atoms with Gasteiger partial charge in [-0.1, -0.05) is 5.16 Å². The summed E-state index contributed by atoms with van der Waals surface area (Å²) in [5.41, 5.74) is 2.10. The van der Waals surface area contributed by atoms with Crippen molar-refractivity contribution >= 4 is 5.91 Å². The standard InChI is InChI=1S/C10H18N4O4/c1-17-5-3-14(2-4-15)7-8-6-9(13-18-8)10(16)12-11/h6,15H,2-5,7,11H2,1H3,(H,12,16). The van der Waals surface area contributed by atoms with Crippen molar-refractivity contribution < 1.29 is 19.2 Å². The fraction of sp³-hybridized carbons (Fsp3) is 0.600. The summed E-state index contributed by atoms with van der Waals surface area (Å²) in [5.74, 6) is 5.01. The zero-order chi connectivity index (χ0) is 13.4. The highest BCUT2D eigenvalue weighted by Gasteiger charge is 2.13. The zero-order valence-electron chi connectivity index (χ0n) is 10.3. The molecule has 0 aromatic carbocycles. The number of hydrogen-bond donors (Lipinski definition) is 3. The number of methoxy groups -OCH3 is 1. The number of aromatic nitrogens is 1. The molecule has 18 heavy (non-hydrogen) atoms. The molecule has 0 saturated carbocycles. The molecule has 1 aromatic heterocycles. The van der Waals surface area contributed by atoms with Crippen LogP contribution < -0.4 is 11.3 Å². The fourth-order valence-electron chi connectivity index (χ4n) is 1.42. The molecule has 4 N–H and O–H groups in total. The molecule has 0 radical (unpaired) electrons. The molecule has 1 amide bonds. The molecule has 0 fully saturated rings. The second-order valence-electron chi connectivity index (χ2n) is 3.64. The molecule has 0 saturated heterocycles. The number of aliphatic hydroxyl groups excluding tert-OH is 1. The molecule has 0 aliphatic carbocycles. The van der Waals surface area contributed by atoms with Crippen LogP contribution in [0.25, 0.3) is 0 Å². The lowest BCUT2D eigenvalue weighted by atomic mass is 10.3. The summed E-state index contributed by atoms with van der Waals surface area (Å²) in [6.07, 6.45) is 0. The molecular formula is C10H18N4O4. The topological polar surface area (TPSA) is 114 Å². The minimum atomic E-state index is -0.504.